The van der Waals surface area contributed by atoms with Crippen LogP contribution in [-0.4, -0.2) is 11.2 Å². The van der Waals surface area contributed by atoms with Crippen LogP contribution in [-0.2, 0) is 6.42 Å². The molecule has 1 aliphatic rings. The lowest BCUT2D eigenvalue weighted by molar-refractivity contribution is 0.106. The van der Waals surface area contributed by atoms with Gasteiger partial charge in [0.1, 0.15) is 0 Å². The summed E-state index contributed by atoms with van der Waals surface area (Å²) in [6.07, 6.45) is 5.12. The second-order valence-electron chi connectivity index (χ2n) is 6.98. The van der Waals surface area contributed by atoms with Crippen LogP contribution in [0.4, 0.5) is 0 Å². The number of benzene rings is 3. The van der Waals surface area contributed by atoms with E-state index >= 15 is 0 Å². The summed E-state index contributed by atoms with van der Waals surface area (Å²) in [4.78, 5) is 0. The third kappa shape index (κ3) is 2.97. The molecule has 0 unspecified atom stereocenters. The van der Waals surface area contributed by atoms with Crippen LogP contribution < -0.4 is 0 Å². The molecule has 0 saturated heterocycles. The predicted molar refractivity (Wildman–Crippen MR) is 100 cm³/mol. The maximum atomic E-state index is 10.7. The summed E-state index contributed by atoms with van der Waals surface area (Å²) in [7, 11) is 0. The highest BCUT2D eigenvalue weighted by Crippen LogP contribution is 2.39. The first-order chi connectivity index (χ1) is 11.8. The van der Waals surface area contributed by atoms with E-state index in [9.17, 15) is 5.11 Å². The third-order valence-corrected chi connectivity index (χ3v) is 5.40. The van der Waals surface area contributed by atoms with Gasteiger partial charge in [0, 0.05) is 5.92 Å². The molecule has 4 rings (SSSR count). The molecule has 3 aromatic carbocycles. The Balaban J connectivity index is 1.84. The molecule has 3 aromatic rings. The number of hydrogen-bond donors (Lipinski definition) is 1. The lowest BCUT2D eigenvalue weighted by Gasteiger charge is -2.31. The van der Waals surface area contributed by atoms with Crippen molar-refractivity contribution in [1.82, 2.24) is 0 Å². The van der Waals surface area contributed by atoms with E-state index in [1.54, 1.807) is 0 Å². The summed E-state index contributed by atoms with van der Waals surface area (Å²) in [5.41, 5.74) is 4.08. The van der Waals surface area contributed by atoms with E-state index in [2.05, 4.69) is 66.7 Å². The molecule has 0 aromatic heterocycles. The van der Waals surface area contributed by atoms with Gasteiger partial charge in [0.05, 0.1) is 6.10 Å². The van der Waals surface area contributed by atoms with Crippen molar-refractivity contribution in [2.45, 2.75) is 44.1 Å². The third-order valence-electron chi connectivity index (χ3n) is 5.40. The Morgan fingerprint density at radius 3 is 2.38 bits per heavy atom. The van der Waals surface area contributed by atoms with E-state index < -0.39 is 0 Å². The SMILES string of the molecule is O[C@@H]1CCCC[C@@H]1c1c(Cc2ccccc2)ccc2ccccc12. The molecular formula is C23H24O. The van der Waals surface area contributed by atoms with Crippen LogP contribution in [0.5, 0.6) is 0 Å². The summed E-state index contributed by atoms with van der Waals surface area (Å²) in [6, 6.07) is 23.8. The van der Waals surface area contributed by atoms with Gasteiger partial charge in [-0.3, -0.25) is 0 Å². The van der Waals surface area contributed by atoms with Crippen molar-refractivity contribution in [2.24, 2.45) is 0 Å². The fraction of sp³-hybridized carbons (Fsp3) is 0.304. The molecule has 0 heterocycles. The molecule has 1 fully saturated rings. The number of aliphatic hydroxyl groups is 1. The molecule has 1 nitrogen and oxygen atoms in total. The van der Waals surface area contributed by atoms with Crippen LogP contribution in [0.3, 0.4) is 0 Å². The van der Waals surface area contributed by atoms with Gasteiger partial charge in [-0.25, -0.2) is 0 Å². The fourth-order valence-corrected chi connectivity index (χ4v) is 4.20. The monoisotopic (exact) mass is 316 g/mol. The highest BCUT2D eigenvalue weighted by molar-refractivity contribution is 5.87. The Morgan fingerprint density at radius 1 is 0.792 bits per heavy atom. The summed E-state index contributed by atoms with van der Waals surface area (Å²) in [5.74, 6) is 0.267. The maximum Gasteiger partial charge on any atom is 0.0609 e. The molecule has 0 bridgehead atoms. The number of aliphatic hydroxyl groups excluding tert-OH is 1. The molecule has 2 atom stereocenters. The normalized spacial score (nSPS) is 21.0. The van der Waals surface area contributed by atoms with Crippen LogP contribution in [0.1, 0.15) is 48.3 Å². The first-order valence-electron chi connectivity index (χ1n) is 9.05. The van der Waals surface area contributed by atoms with Crippen molar-refractivity contribution in [3.8, 4) is 0 Å². The van der Waals surface area contributed by atoms with Gasteiger partial charge in [0.25, 0.3) is 0 Å². The van der Waals surface area contributed by atoms with Gasteiger partial charge >= 0.3 is 0 Å². The lowest BCUT2D eigenvalue weighted by Crippen LogP contribution is -2.24. The zero-order valence-corrected chi connectivity index (χ0v) is 14.0. The average molecular weight is 316 g/mol. The minimum atomic E-state index is -0.209. The Hall–Kier alpha value is -2.12. The smallest absolute Gasteiger partial charge is 0.0609 e. The molecular weight excluding hydrogens is 292 g/mol. The molecule has 0 radical (unpaired) electrons. The molecule has 1 N–H and O–H groups in total. The number of rotatable bonds is 3. The quantitative estimate of drug-likeness (QED) is 0.681. The van der Waals surface area contributed by atoms with Crippen molar-refractivity contribution >= 4 is 10.8 Å². The van der Waals surface area contributed by atoms with E-state index in [1.165, 1.54) is 33.9 Å². The molecule has 0 aliphatic heterocycles. The maximum absolute atomic E-state index is 10.7. The second kappa shape index (κ2) is 6.78. The Bertz CT molecular complexity index is 822. The van der Waals surface area contributed by atoms with Gasteiger partial charge in [-0.05, 0) is 46.7 Å². The molecule has 0 amide bonds. The van der Waals surface area contributed by atoms with Crippen molar-refractivity contribution in [1.29, 1.82) is 0 Å². The van der Waals surface area contributed by atoms with Crippen molar-refractivity contribution in [3.63, 3.8) is 0 Å². The van der Waals surface area contributed by atoms with E-state index in [0.717, 1.165) is 25.7 Å². The van der Waals surface area contributed by atoms with Gasteiger partial charge in [-0.2, -0.15) is 0 Å². The first kappa shape index (κ1) is 15.4. The van der Waals surface area contributed by atoms with Crippen molar-refractivity contribution in [2.75, 3.05) is 0 Å². The van der Waals surface area contributed by atoms with Gasteiger partial charge in [-0.15, -0.1) is 0 Å². The van der Waals surface area contributed by atoms with Gasteiger partial charge in [0.2, 0.25) is 0 Å². The lowest BCUT2D eigenvalue weighted by atomic mass is 9.77. The van der Waals surface area contributed by atoms with Crippen LogP contribution in [0, 0.1) is 0 Å². The zero-order chi connectivity index (χ0) is 16.4. The molecule has 24 heavy (non-hydrogen) atoms. The molecule has 1 saturated carbocycles. The zero-order valence-electron chi connectivity index (χ0n) is 14.0. The van der Waals surface area contributed by atoms with E-state index in [0.29, 0.717) is 0 Å². The van der Waals surface area contributed by atoms with E-state index in [4.69, 9.17) is 0 Å². The van der Waals surface area contributed by atoms with Gasteiger partial charge < -0.3 is 5.11 Å². The van der Waals surface area contributed by atoms with Crippen LogP contribution in [0.15, 0.2) is 66.7 Å². The topological polar surface area (TPSA) is 20.2 Å². The molecule has 1 heteroatoms. The van der Waals surface area contributed by atoms with Gasteiger partial charge in [0.15, 0.2) is 0 Å². The van der Waals surface area contributed by atoms with E-state index in [-0.39, 0.29) is 12.0 Å². The van der Waals surface area contributed by atoms with Crippen molar-refractivity contribution < 1.29 is 5.11 Å². The minimum absolute atomic E-state index is 0.209. The van der Waals surface area contributed by atoms with Crippen molar-refractivity contribution in [3.05, 3.63) is 83.4 Å². The number of hydrogen-bond acceptors (Lipinski definition) is 1. The standard InChI is InChI=1S/C23H24O/c24-22-13-7-6-12-21(22)23-19(16-17-8-2-1-3-9-17)15-14-18-10-4-5-11-20(18)23/h1-5,8-11,14-15,21-22,24H,6-7,12-13,16H2/t21-,22+/m0/s1. The summed E-state index contributed by atoms with van der Waals surface area (Å²) < 4.78 is 0. The molecule has 1 aliphatic carbocycles. The molecule has 0 spiro atoms. The summed E-state index contributed by atoms with van der Waals surface area (Å²) in [6.45, 7) is 0. The van der Waals surface area contributed by atoms with Crippen LogP contribution >= 0.6 is 0 Å². The Kier molecular flexibility index (Phi) is 4.36. The largest absolute Gasteiger partial charge is 0.392 e. The van der Waals surface area contributed by atoms with Gasteiger partial charge in [-0.1, -0.05) is 79.6 Å². The first-order valence-corrected chi connectivity index (χ1v) is 9.05. The van der Waals surface area contributed by atoms with Crippen LogP contribution in [0.25, 0.3) is 10.8 Å². The van der Waals surface area contributed by atoms with E-state index in [1.807, 2.05) is 0 Å². The highest BCUT2D eigenvalue weighted by atomic mass is 16.3. The van der Waals surface area contributed by atoms with Crippen LogP contribution in [0.2, 0.25) is 0 Å². The molecule has 122 valence electrons. The summed E-state index contributed by atoms with van der Waals surface area (Å²) >= 11 is 0. The average Bonchev–Trinajstić information content (AvgIpc) is 2.63. The highest BCUT2D eigenvalue weighted by Gasteiger charge is 2.27. The predicted octanol–water partition coefficient (Wildman–Crippen LogP) is 5.45. The number of fused-ring (bicyclic) bond motifs is 1. The fourth-order valence-electron chi connectivity index (χ4n) is 4.20. The second-order valence-corrected chi connectivity index (χ2v) is 6.98. The minimum Gasteiger partial charge on any atom is -0.392 e. The Morgan fingerprint density at radius 2 is 1.54 bits per heavy atom. The summed E-state index contributed by atoms with van der Waals surface area (Å²) in [5, 5.41) is 13.3. The Labute approximate surface area is 144 Å².